The Kier molecular flexibility index (Phi) is 4.05. The topological polar surface area (TPSA) is 20.2 Å². The van der Waals surface area contributed by atoms with Crippen molar-refractivity contribution in [2.45, 2.75) is 33.3 Å². The summed E-state index contributed by atoms with van der Waals surface area (Å²) in [7, 11) is 0. The van der Waals surface area contributed by atoms with Crippen molar-refractivity contribution in [1.82, 2.24) is 0 Å². The molecule has 0 aromatic heterocycles. The summed E-state index contributed by atoms with van der Waals surface area (Å²) in [5, 5.41) is 9.06. The zero-order chi connectivity index (χ0) is 8.15. The van der Waals surface area contributed by atoms with Crippen LogP contribution >= 0.6 is 0 Å². The molecule has 0 aliphatic carbocycles. The normalized spacial score (nSPS) is 15.0. The number of hydrogen-bond donors (Lipinski definition) is 1. The highest BCUT2D eigenvalue weighted by molar-refractivity contribution is 5.20. The first-order valence-electron chi connectivity index (χ1n) is 3.62. The van der Waals surface area contributed by atoms with Gasteiger partial charge in [0.1, 0.15) is 0 Å². The van der Waals surface area contributed by atoms with Crippen molar-refractivity contribution in [3.8, 4) is 0 Å². The molecular weight excluding hydrogens is 124 g/mol. The second-order valence-corrected chi connectivity index (χ2v) is 2.58. The van der Waals surface area contributed by atoms with Crippen molar-refractivity contribution in [2.24, 2.45) is 0 Å². The van der Waals surface area contributed by atoms with Crippen molar-refractivity contribution in [2.75, 3.05) is 0 Å². The molecule has 0 aliphatic rings. The molecule has 0 bridgehead atoms. The summed E-state index contributed by atoms with van der Waals surface area (Å²) in [4.78, 5) is 0. The van der Waals surface area contributed by atoms with Gasteiger partial charge in [0.25, 0.3) is 0 Å². The first-order chi connectivity index (χ1) is 4.57. The predicted molar refractivity (Wildman–Crippen MR) is 44.9 cm³/mol. The van der Waals surface area contributed by atoms with E-state index in [1.165, 1.54) is 0 Å². The van der Waals surface area contributed by atoms with Crippen LogP contribution in [0.2, 0.25) is 0 Å². The molecule has 0 heterocycles. The molecule has 1 unspecified atom stereocenters. The average molecular weight is 140 g/mol. The minimum absolute atomic E-state index is 0.344. The molecule has 0 aromatic carbocycles. The van der Waals surface area contributed by atoms with Crippen LogP contribution < -0.4 is 0 Å². The van der Waals surface area contributed by atoms with Gasteiger partial charge in [0.2, 0.25) is 0 Å². The third-order valence-corrected chi connectivity index (χ3v) is 1.54. The molecule has 1 N–H and O–H groups in total. The van der Waals surface area contributed by atoms with Crippen molar-refractivity contribution >= 4 is 0 Å². The lowest BCUT2D eigenvalue weighted by Gasteiger charge is -2.03. The van der Waals surface area contributed by atoms with E-state index in [4.69, 9.17) is 5.11 Å². The second-order valence-electron chi connectivity index (χ2n) is 2.58. The van der Waals surface area contributed by atoms with E-state index in [1.807, 2.05) is 19.9 Å². The SMILES string of the molecule is C=C(/C=C(\C)C(C)O)CC. The minimum atomic E-state index is -0.344. The summed E-state index contributed by atoms with van der Waals surface area (Å²) >= 11 is 0. The Labute approximate surface area is 63.1 Å². The van der Waals surface area contributed by atoms with Crippen molar-refractivity contribution in [1.29, 1.82) is 0 Å². The highest BCUT2D eigenvalue weighted by Crippen LogP contribution is 2.06. The fourth-order valence-corrected chi connectivity index (χ4v) is 0.545. The second kappa shape index (κ2) is 4.29. The van der Waals surface area contributed by atoms with E-state index in [1.54, 1.807) is 6.92 Å². The van der Waals surface area contributed by atoms with Crippen LogP contribution in [-0.2, 0) is 0 Å². The Morgan fingerprint density at radius 1 is 1.70 bits per heavy atom. The smallest absolute Gasteiger partial charge is 0.0722 e. The van der Waals surface area contributed by atoms with Gasteiger partial charge in [-0.05, 0) is 25.8 Å². The summed E-state index contributed by atoms with van der Waals surface area (Å²) in [6.07, 6.45) is 2.54. The Hall–Kier alpha value is -0.560. The van der Waals surface area contributed by atoms with Crippen LogP contribution in [0.15, 0.2) is 23.8 Å². The monoisotopic (exact) mass is 140 g/mol. The van der Waals surface area contributed by atoms with E-state index in [0.29, 0.717) is 0 Å². The number of aliphatic hydroxyl groups excluding tert-OH is 1. The van der Waals surface area contributed by atoms with Gasteiger partial charge in [-0.15, -0.1) is 0 Å². The van der Waals surface area contributed by atoms with Gasteiger partial charge >= 0.3 is 0 Å². The lowest BCUT2D eigenvalue weighted by atomic mass is 10.1. The molecule has 58 valence electrons. The molecule has 10 heavy (non-hydrogen) atoms. The van der Waals surface area contributed by atoms with E-state index in [0.717, 1.165) is 17.6 Å². The van der Waals surface area contributed by atoms with Crippen LogP contribution in [0.1, 0.15) is 27.2 Å². The zero-order valence-corrected chi connectivity index (χ0v) is 7.02. The molecule has 1 heteroatoms. The Bertz CT molecular complexity index is 143. The molecule has 0 radical (unpaired) electrons. The van der Waals surface area contributed by atoms with Crippen LogP contribution in [0.25, 0.3) is 0 Å². The molecule has 1 nitrogen and oxygen atoms in total. The largest absolute Gasteiger partial charge is 0.389 e. The molecule has 1 atom stereocenters. The molecule has 0 aliphatic heterocycles. The lowest BCUT2D eigenvalue weighted by molar-refractivity contribution is 0.231. The van der Waals surface area contributed by atoms with E-state index in [-0.39, 0.29) is 6.10 Å². The third kappa shape index (κ3) is 3.46. The van der Waals surface area contributed by atoms with Crippen LogP contribution in [0.4, 0.5) is 0 Å². The molecular formula is C9H16O. The molecule has 0 rings (SSSR count). The number of rotatable bonds is 3. The average Bonchev–Trinajstić information content (AvgIpc) is 1.87. The van der Waals surface area contributed by atoms with Gasteiger partial charge in [-0.3, -0.25) is 0 Å². The van der Waals surface area contributed by atoms with Gasteiger partial charge in [0, 0.05) is 0 Å². The number of hydrogen-bond acceptors (Lipinski definition) is 1. The summed E-state index contributed by atoms with van der Waals surface area (Å²) in [5.74, 6) is 0. The summed E-state index contributed by atoms with van der Waals surface area (Å²) in [6.45, 7) is 9.52. The number of aliphatic hydroxyl groups is 1. The van der Waals surface area contributed by atoms with Crippen LogP contribution in [-0.4, -0.2) is 11.2 Å². The summed E-state index contributed by atoms with van der Waals surface area (Å²) < 4.78 is 0. The molecule has 0 spiro atoms. The standard InChI is InChI=1S/C9H16O/c1-5-7(2)6-8(3)9(4)10/h6,9-10H,2,5H2,1,3-4H3/b8-6+. The predicted octanol–water partition coefficient (Wildman–Crippen LogP) is 2.28. The maximum atomic E-state index is 9.06. The van der Waals surface area contributed by atoms with Gasteiger partial charge in [-0.2, -0.15) is 0 Å². The first kappa shape index (κ1) is 9.44. The van der Waals surface area contributed by atoms with Gasteiger partial charge < -0.3 is 5.11 Å². The molecule has 0 saturated heterocycles. The van der Waals surface area contributed by atoms with Crippen molar-refractivity contribution in [3.63, 3.8) is 0 Å². The van der Waals surface area contributed by atoms with E-state index in [2.05, 4.69) is 6.58 Å². The third-order valence-electron chi connectivity index (χ3n) is 1.54. The van der Waals surface area contributed by atoms with Crippen molar-refractivity contribution in [3.05, 3.63) is 23.8 Å². The fourth-order valence-electron chi connectivity index (χ4n) is 0.545. The summed E-state index contributed by atoms with van der Waals surface area (Å²) in [6, 6.07) is 0. The lowest BCUT2D eigenvalue weighted by Crippen LogP contribution is -2.00. The molecule has 0 amide bonds. The van der Waals surface area contributed by atoms with E-state index < -0.39 is 0 Å². The van der Waals surface area contributed by atoms with Gasteiger partial charge in [0.15, 0.2) is 0 Å². The highest BCUT2D eigenvalue weighted by atomic mass is 16.3. The Balaban J connectivity index is 4.03. The van der Waals surface area contributed by atoms with Crippen LogP contribution in [0.5, 0.6) is 0 Å². The van der Waals surface area contributed by atoms with Crippen LogP contribution in [0.3, 0.4) is 0 Å². The van der Waals surface area contributed by atoms with Gasteiger partial charge in [-0.1, -0.05) is 25.2 Å². The molecule has 0 fully saturated rings. The number of allylic oxidation sites excluding steroid dienone is 2. The fraction of sp³-hybridized carbons (Fsp3) is 0.556. The Morgan fingerprint density at radius 2 is 2.20 bits per heavy atom. The van der Waals surface area contributed by atoms with Gasteiger partial charge in [0.05, 0.1) is 6.10 Å². The Morgan fingerprint density at radius 3 is 2.50 bits per heavy atom. The molecule has 0 aromatic rings. The first-order valence-corrected chi connectivity index (χ1v) is 3.62. The maximum absolute atomic E-state index is 9.06. The quantitative estimate of drug-likeness (QED) is 0.596. The molecule has 0 saturated carbocycles. The van der Waals surface area contributed by atoms with Crippen LogP contribution in [0, 0.1) is 0 Å². The van der Waals surface area contributed by atoms with Crippen molar-refractivity contribution < 1.29 is 5.11 Å². The maximum Gasteiger partial charge on any atom is 0.0722 e. The highest BCUT2D eigenvalue weighted by Gasteiger charge is 1.96. The van der Waals surface area contributed by atoms with E-state index in [9.17, 15) is 0 Å². The van der Waals surface area contributed by atoms with Gasteiger partial charge in [-0.25, -0.2) is 0 Å². The zero-order valence-electron chi connectivity index (χ0n) is 7.02. The minimum Gasteiger partial charge on any atom is -0.389 e. The van der Waals surface area contributed by atoms with E-state index >= 15 is 0 Å². The summed E-state index contributed by atoms with van der Waals surface area (Å²) in [5.41, 5.74) is 2.05.